The fraction of sp³-hybridized carbons (Fsp3) is 0.500. The van der Waals surface area contributed by atoms with Crippen LogP contribution in [0.3, 0.4) is 0 Å². The van der Waals surface area contributed by atoms with Crippen LogP contribution < -0.4 is 4.74 Å². The van der Waals surface area contributed by atoms with Crippen LogP contribution in [0.1, 0.15) is 32.1 Å². The van der Waals surface area contributed by atoms with Crippen LogP contribution in [0.25, 0.3) is 11.0 Å². The van der Waals surface area contributed by atoms with Gasteiger partial charge in [0.2, 0.25) is 0 Å². The molecule has 0 spiro atoms. The number of halogens is 2. The van der Waals surface area contributed by atoms with E-state index in [4.69, 9.17) is 16.3 Å². The molecule has 0 N–H and O–H groups in total. The maximum atomic E-state index is 13.7. The summed E-state index contributed by atoms with van der Waals surface area (Å²) in [4.78, 5) is 4.49. The number of alkyl halides is 1. The third-order valence-corrected chi connectivity index (χ3v) is 3.57. The van der Waals surface area contributed by atoms with Gasteiger partial charge in [-0.05, 0) is 13.3 Å². The van der Waals surface area contributed by atoms with Crippen LogP contribution >= 0.6 is 11.6 Å². The highest BCUT2D eigenvalue weighted by atomic mass is 35.5. The minimum Gasteiger partial charge on any atom is -0.494 e. The van der Waals surface area contributed by atoms with Gasteiger partial charge in [-0.2, -0.15) is 0 Å². The van der Waals surface area contributed by atoms with Crippen LogP contribution in [-0.2, 0) is 6.42 Å². The minimum atomic E-state index is -0.388. The lowest BCUT2D eigenvalue weighted by atomic mass is 10.2. The number of rotatable bonds is 5. The molecule has 0 bridgehead atoms. The van der Waals surface area contributed by atoms with E-state index < -0.39 is 0 Å². The van der Waals surface area contributed by atoms with E-state index >= 15 is 0 Å². The molecule has 0 aliphatic heterocycles. The number of hydrogen-bond donors (Lipinski definition) is 0. The van der Waals surface area contributed by atoms with E-state index in [-0.39, 0.29) is 11.6 Å². The summed E-state index contributed by atoms with van der Waals surface area (Å²) in [5, 5.41) is 0. The first-order valence-corrected chi connectivity index (χ1v) is 6.96. The molecule has 3 nitrogen and oxygen atoms in total. The number of imidazole rings is 1. The standard InChI is InChI=1S/C14H18ClFN2O/c1-4-9(2)18-12-8-13(19-3)10(16)7-11(12)17-14(18)5-6-15/h7-9H,4-6H2,1-3H3. The van der Waals surface area contributed by atoms with E-state index in [1.54, 1.807) is 6.07 Å². The zero-order valence-electron chi connectivity index (χ0n) is 11.4. The zero-order chi connectivity index (χ0) is 14.0. The third-order valence-electron chi connectivity index (χ3n) is 3.39. The molecule has 104 valence electrons. The van der Waals surface area contributed by atoms with E-state index in [1.807, 2.05) is 0 Å². The Morgan fingerprint density at radius 3 is 2.79 bits per heavy atom. The van der Waals surface area contributed by atoms with E-state index in [1.165, 1.54) is 13.2 Å². The van der Waals surface area contributed by atoms with Crippen molar-refractivity contribution in [2.24, 2.45) is 0 Å². The molecule has 0 aliphatic carbocycles. The highest BCUT2D eigenvalue weighted by Crippen LogP contribution is 2.29. The van der Waals surface area contributed by atoms with E-state index in [9.17, 15) is 4.39 Å². The quantitative estimate of drug-likeness (QED) is 0.778. The molecule has 1 heterocycles. The van der Waals surface area contributed by atoms with Crippen molar-refractivity contribution in [3.8, 4) is 5.75 Å². The number of ether oxygens (including phenoxy) is 1. The second-order valence-corrected chi connectivity index (χ2v) is 4.95. The molecule has 1 atom stereocenters. The molecule has 1 aromatic carbocycles. The monoisotopic (exact) mass is 284 g/mol. The molecule has 0 aliphatic rings. The molecular weight excluding hydrogens is 267 g/mol. The smallest absolute Gasteiger partial charge is 0.167 e. The predicted molar refractivity (Wildman–Crippen MR) is 75.7 cm³/mol. The summed E-state index contributed by atoms with van der Waals surface area (Å²) in [6, 6.07) is 3.42. The molecule has 1 unspecified atom stereocenters. The molecule has 0 amide bonds. The summed E-state index contributed by atoms with van der Waals surface area (Å²) in [5.74, 6) is 1.25. The summed E-state index contributed by atoms with van der Waals surface area (Å²) in [6.45, 7) is 4.23. The maximum absolute atomic E-state index is 13.7. The Morgan fingerprint density at radius 2 is 2.21 bits per heavy atom. The van der Waals surface area contributed by atoms with E-state index in [2.05, 4.69) is 23.4 Å². The van der Waals surface area contributed by atoms with Crippen molar-refractivity contribution in [2.75, 3.05) is 13.0 Å². The van der Waals surface area contributed by atoms with Gasteiger partial charge in [0.05, 0.1) is 18.1 Å². The van der Waals surface area contributed by atoms with Gasteiger partial charge in [-0.15, -0.1) is 11.6 Å². The maximum Gasteiger partial charge on any atom is 0.167 e. The Morgan fingerprint density at radius 1 is 1.47 bits per heavy atom. The highest BCUT2D eigenvalue weighted by molar-refractivity contribution is 6.17. The van der Waals surface area contributed by atoms with E-state index in [0.29, 0.717) is 23.9 Å². The van der Waals surface area contributed by atoms with Crippen molar-refractivity contribution in [3.05, 3.63) is 23.8 Å². The number of nitrogens with zero attached hydrogens (tertiary/aromatic N) is 2. The number of benzene rings is 1. The lowest BCUT2D eigenvalue weighted by Crippen LogP contribution is -2.09. The van der Waals surface area contributed by atoms with Gasteiger partial charge in [-0.1, -0.05) is 6.92 Å². The van der Waals surface area contributed by atoms with Gasteiger partial charge in [0.25, 0.3) is 0 Å². The summed E-state index contributed by atoms with van der Waals surface area (Å²) >= 11 is 5.82. The molecule has 2 rings (SSSR count). The Bertz CT molecular complexity index is 582. The number of fused-ring (bicyclic) bond motifs is 1. The summed E-state index contributed by atoms with van der Waals surface area (Å²) in [7, 11) is 1.47. The third kappa shape index (κ3) is 2.54. The Balaban J connectivity index is 2.68. The van der Waals surface area contributed by atoms with Crippen molar-refractivity contribution in [3.63, 3.8) is 0 Å². The van der Waals surface area contributed by atoms with Gasteiger partial charge >= 0.3 is 0 Å². The lowest BCUT2D eigenvalue weighted by molar-refractivity contribution is 0.387. The molecule has 1 aromatic heterocycles. The summed E-state index contributed by atoms with van der Waals surface area (Å²) < 4.78 is 20.9. The molecule has 19 heavy (non-hydrogen) atoms. The second-order valence-electron chi connectivity index (χ2n) is 4.57. The molecule has 2 aromatic rings. The van der Waals surface area contributed by atoms with Crippen LogP contribution in [0.2, 0.25) is 0 Å². The fourth-order valence-corrected chi connectivity index (χ4v) is 2.41. The van der Waals surface area contributed by atoms with Crippen LogP contribution in [0.4, 0.5) is 4.39 Å². The van der Waals surface area contributed by atoms with Gasteiger partial charge in [-0.3, -0.25) is 0 Å². The Hall–Kier alpha value is -1.29. The predicted octanol–water partition coefficient (Wildman–Crippen LogP) is 3.94. The average molecular weight is 285 g/mol. The Labute approximate surface area is 117 Å². The van der Waals surface area contributed by atoms with Crippen LogP contribution in [0.15, 0.2) is 12.1 Å². The topological polar surface area (TPSA) is 27.1 Å². The van der Waals surface area contributed by atoms with Crippen molar-refractivity contribution in [1.82, 2.24) is 9.55 Å². The van der Waals surface area contributed by atoms with Gasteiger partial charge in [0, 0.05) is 30.5 Å². The van der Waals surface area contributed by atoms with Crippen molar-refractivity contribution in [1.29, 1.82) is 0 Å². The molecule has 0 fully saturated rings. The molecule has 0 saturated heterocycles. The number of aromatic nitrogens is 2. The molecule has 0 saturated carbocycles. The number of hydrogen-bond acceptors (Lipinski definition) is 2. The van der Waals surface area contributed by atoms with Crippen molar-refractivity contribution in [2.45, 2.75) is 32.7 Å². The first-order chi connectivity index (χ1) is 9.12. The lowest BCUT2D eigenvalue weighted by Gasteiger charge is -2.15. The summed E-state index contributed by atoms with van der Waals surface area (Å²) in [6.07, 6.45) is 1.64. The molecular formula is C14H18ClFN2O. The first kappa shape index (κ1) is 14.1. The molecule has 5 heteroatoms. The first-order valence-electron chi connectivity index (χ1n) is 6.42. The largest absolute Gasteiger partial charge is 0.494 e. The van der Waals surface area contributed by atoms with Gasteiger partial charge in [0.1, 0.15) is 5.82 Å². The average Bonchev–Trinajstić information content (AvgIpc) is 2.74. The van der Waals surface area contributed by atoms with Crippen LogP contribution in [0, 0.1) is 5.82 Å². The second kappa shape index (κ2) is 5.78. The normalized spacial score (nSPS) is 12.9. The highest BCUT2D eigenvalue weighted by Gasteiger charge is 2.17. The SMILES string of the molecule is CCC(C)n1c(CCCl)nc2cc(F)c(OC)cc21. The molecule has 0 radical (unpaired) electrons. The zero-order valence-corrected chi connectivity index (χ0v) is 12.2. The Kier molecular flexibility index (Phi) is 4.30. The van der Waals surface area contributed by atoms with Gasteiger partial charge in [0.15, 0.2) is 11.6 Å². The fourth-order valence-electron chi connectivity index (χ4n) is 2.24. The van der Waals surface area contributed by atoms with Crippen LogP contribution in [0.5, 0.6) is 5.75 Å². The summed E-state index contributed by atoms with van der Waals surface area (Å²) in [5.41, 5.74) is 1.55. The van der Waals surface area contributed by atoms with Gasteiger partial charge in [-0.25, -0.2) is 9.37 Å². The van der Waals surface area contributed by atoms with Crippen LogP contribution in [-0.4, -0.2) is 22.5 Å². The van der Waals surface area contributed by atoms with Crippen molar-refractivity contribution < 1.29 is 9.13 Å². The minimum absolute atomic E-state index is 0.245. The van der Waals surface area contributed by atoms with Crippen molar-refractivity contribution >= 4 is 22.6 Å². The van der Waals surface area contributed by atoms with E-state index in [0.717, 1.165) is 17.8 Å². The van der Waals surface area contributed by atoms with Gasteiger partial charge < -0.3 is 9.30 Å². The number of methoxy groups -OCH3 is 1. The number of aryl methyl sites for hydroxylation is 1.